The van der Waals surface area contributed by atoms with Crippen molar-refractivity contribution in [2.75, 3.05) is 13.7 Å². The van der Waals surface area contributed by atoms with Crippen LogP contribution in [0.3, 0.4) is 0 Å². The van der Waals surface area contributed by atoms with Crippen molar-refractivity contribution in [2.24, 2.45) is 17.8 Å². The first-order chi connectivity index (χ1) is 10.3. The Balaban J connectivity index is 1.88. The van der Waals surface area contributed by atoms with Gasteiger partial charge in [-0.2, -0.15) is 5.10 Å². The molecule has 3 atom stereocenters. The van der Waals surface area contributed by atoms with E-state index in [-0.39, 0.29) is 0 Å². The van der Waals surface area contributed by atoms with E-state index in [0.29, 0.717) is 6.04 Å². The number of ether oxygens (including phenoxy) is 1. The number of hydrogen-bond donors (Lipinski definition) is 1. The fourth-order valence-electron chi connectivity index (χ4n) is 4.42. The van der Waals surface area contributed by atoms with E-state index in [4.69, 9.17) is 4.74 Å². The molecule has 2 aliphatic carbocycles. The van der Waals surface area contributed by atoms with Crippen LogP contribution in [0.2, 0.25) is 0 Å². The Kier molecular flexibility index (Phi) is 4.53. The Bertz CT molecular complexity index is 459. The van der Waals surface area contributed by atoms with Crippen molar-refractivity contribution in [3.05, 3.63) is 11.9 Å². The molecule has 1 aromatic rings. The maximum Gasteiger partial charge on any atom is 0.161 e. The minimum atomic E-state index is 0.409. The molecule has 2 aliphatic rings. The van der Waals surface area contributed by atoms with Crippen LogP contribution in [0.15, 0.2) is 6.20 Å². The number of rotatable bonds is 7. The first-order valence-electron chi connectivity index (χ1n) is 8.64. The molecule has 0 saturated heterocycles. The minimum Gasteiger partial charge on any atom is -0.493 e. The summed E-state index contributed by atoms with van der Waals surface area (Å²) in [5.74, 6) is 3.60. The molecule has 0 radical (unpaired) electrons. The topological polar surface area (TPSA) is 39.1 Å². The summed E-state index contributed by atoms with van der Waals surface area (Å²) in [6, 6.07) is 0.409. The highest BCUT2D eigenvalue weighted by atomic mass is 16.5. The van der Waals surface area contributed by atoms with E-state index >= 15 is 0 Å². The van der Waals surface area contributed by atoms with Crippen molar-refractivity contribution in [3.8, 4) is 5.75 Å². The Morgan fingerprint density at radius 2 is 2.05 bits per heavy atom. The van der Waals surface area contributed by atoms with Gasteiger partial charge in [0.2, 0.25) is 0 Å². The number of fused-ring (bicyclic) bond motifs is 1. The molecular weight excluding hydrogens is 262 g/mol. The van der Waals surface area contributed by atoms with Gasteiger partial charge in [0.25, 0.3) is 0 Å². The zero-order chi connectivity index (χ0) is 14.8. The maximum absolute atomic E-state index is 5.61. The number of nitrogens with one attached hydrogen (secondary N) is 1. The van der Waals surface area contributed by atoms with Crippen molar-refractivity contribution < 1.29 is 4.74 Å². The molecule has 0 bridgehead atoms. The summed E-state index contributed by atoms with van der Waals surface area (Å²) >= 11 is 0. The normalized spacial score (nSPS) is 29.0. The van der Waals surface area contributed by atoms with E-state index in [9.17, 15) is 0 Å². The number of nitrogens with zero attached hydrogens (tertiary/aromatic N) is 2. The van der Waals surface area contributed by atoms with E-state index < -0.39 is 0 Å². The maximum atomic E-state index is 5.61. The Hall–Kier alpha value is -1.03. The average Bonchev–Trinajstić information content (AvgIpc) is 3.09. The second-order valence-electron chi connectivity index (χ2n) is 6.55. The smallest absolute Gasteiger partial charge is 0.161 e. The summed E-state index contributed by atoms with van der Waals surface area (Å²) in [4.78, 5) is 0. The summed E-state index contributed by atoms with van der Waals surface area (Å²) in [5.41, 5.74) is 1.28. The molecule has 1 N–H and O–H groups in total. The monoisotopic (exact) mass is 291 g/mol. The van der Waals surface area contributed by atoms with Crippen LogP contribution in [0.25, 0.3) is 0 Å². The third kappa shape index (κ3) is 2.70. The summed E-state index contributed by atoms with van der Waals surface area (Å²) in [6.07, 6.45) is 8.67. The predicted octanol–water partition coefficient (Wildman–Crippen LogP) is 3.39. The van der Waals surface area contributed by atoms with E-state index in [2.05, 4.69) is 28.9 Å². The number of methoxy groups -OCH3 is 1. The SMILES string of the molecule is CCCn1ncc(OC)c1C(NCC)C1C2CCCCC21. The fraction of sp³-hybridized carbons (Fsp3) is 0.824. The summed E-state index contributed by atoms with van der Waals surface area (Å²) in [5, 5.41) is 8.30. The Morgan fingerprint density at radius 1 is 1.33 bits per heavy atom. The van der Waals surface area contributed by atoms with Gasteiger partial charge < -0.3 is 10.1 Å². The first-order valence-corrected chi connectivity index (χ1v) is 8.64. The molecule has 118 valence electrons. The van der Waals surface area contributed by atoms with Crippen molar-refractivity contribution in [1.82, 2.24) is 15.1 Å². The van der Waals surface area contributed by atoms with Gasteiger partial charge in [0.1, 0.15) is 0 Å². The van der Waals surface area contributed by atoms with E-state index in [1.807, 2.05) is 6.20 Å². The van der Waals surface area contributed by atoms with E-state index in [1.165, 1.54) is 31.4 Å². The van der Waals surface area contributed by atoms with Gasteiger partial charge in [-0.05, 0) is 43.6 Å². The van der Waals surface area contributed by atoms with Crippen LogP contribution in [-0.4, -0.2) is 23.4 Å². The fourth-order valence-corrected chi connectivity index (χ4v) is 4.42. The van der Waals surface area contributed by atoms with Crippen LogP contribution in [0.5, 0.6) is 5.75 Å². The molecule has 0 aromatic carbocycles. The van der Waals surface area contributed by atoms with Gasteiger partial charge >= 0.3 is 0 Å². The number of aromatic nitrogens is 2. The third-order valence-electron chi connectivity index (χ3n) is 5.33. The van der Waals surface area contributed by atoms with Gasteiger partial charge in [0, 0.05) is 6.54 Å². The van der Waals surface area contributed by atoms with Crippen molar-refractivity contribution >= 4 is 0 Å². The van der Waals surface area contributed by atoms with Crippen LogP contribution >= 0.6 is 0 Å². The van der Waals surface area contributed by atoms with Gasteiger partial charge in [-0.15, -0.1) is 0 Å². The lowest BCUT2D eigenvalue weighted by molar-refractivity contribution is 0.369. The van der Waals surface area contributed by atoms with E-state index in [0.717, 1.165) is 43.0 Å². The highest BCUT2D eigenvalue weighted by molar-refractivity contribution is 5.31. The molecule has 2 fully saturated rings. The molecule has 1 aromatic heterocycles. The largest absolute Gasteiger partial charge is 0.493 e. The highest BCUT2D eigenvalue weighted by Gasteiger charge is 2.55. The second kappa shape index (κ2) is 6.39. The highest BCUT2D eigenvalue weighted by Crippen LogP contribution is 2.60. The predicted molar refractivity (Wildman–Crippen MR) is 84.4 cm³/mol. The third-order valence-corrected chi connectivity index (χ3v) is 5.33. The summed E-state index contributed by atoms with van der Waals surface area (Å²) in [6.45, 7) is 6.38. The number of aryl methyl sites for hydroxylation is 1. The average molecular weight is 291 g/mol. The quantitative estimate of drug-likeness (QED) is 0.837. The van der Waals surface area contributed by atoms with Gasteiger partial charge in [-0.3, -0.25) is 4.68 Å². The molecule has 1 heterocycles. The van der Waals surface area contributed by atoms with Gasteiger partial charge in [0.05, 0.1) is 25.0 Å². The Morgan fingerprint density at radius 3 is 2.62 bits per heavy atom. The molecule has 21 heavy (non-hydrogen) atoms. The summed E-state index contributed by atoms with van der Waals surface area (Å²) in [7, 11) is 1.76. The van der Waals surface area contributed by atoms with E-state index in [1.54, 1.807) is 7.11 Å². The number of hydrogen-bond acceptors (Lipinski definition) is 3. The van der Waals surface area contributed by atoms with Gasteiger partial charge in [-0.1, -0.05) is 26.7 Å². The van der Waals surface area contributed by atoms with Crippen LogP contribution in [-0.2, 0) is 6.54 Å². The zero-order valence-corrected chi connectivity index (χ0v) is 13.6. The zero-order valence-electron chi connectivity index (χ0n) is 13.6. The van der Waals surface area contributed by atoms with Crippen LogP contribution < -0.4 is 10.1 Å². The second-order valence-corrected chi connectivity index (χ2v) is 6.55. The Labute approximate surface area is 128 Å². The van der Waals surface area contributed by atoms with Crippen molar-refractivity contribution in [2.45, 2.75) is 58.5 Å². The van der Waals surface area contributed by atoms with Gasteiger partial charge in [0.15, 0.2) is 5.75 Å². The molecule has 2 saturated carbocycles. The van der Waals surface area contributed by atoms with Crippen molar-refractivity contribution in [1.29, 1.82) is 0 Å². The van der Waals surface area contributed by atoms with Gasteiger partial charge in [-0.25, -0.2) is 0 Å². The first kappa shape index (κ1) is 14.9. The lowest BCUT2D eigenvalue weighted by atomic mass is 10.0. The van der Waals surface area contributed by atoms with Crippen molar-refractivity contribution in [3.63, 3.8) is 0 Å². The lowest BCUT2D eigenvalue weighted by Gasteiger charge is -2.21. The molecule has 4 heteroatoms. The van der Waals surface area contributed by atoms with Crippen LogP contribution in [0.4, 0.5) is 0 Å². The molecular formula is C17H29N3O. The molecule has 3 rings (SSSR count). The molecule has 0 amide bonds. The standard InChI is InChI=1S/C17H29N3O/c1-4-10-20-17(14(21-3)11-19-20)16(18-5-2)15-12-8-6-7-9-13(12)15/h11-13,15-16,18H,4-10H2,1-3H3. The minimum absolute atomic E-state index is 0.409. The summed E-state index contributed by atoms with van der Waals surface area (Å²) < 4.78 is 7.77. The molecule has 0 aliphatic heterocycles. The van der Waals surface area contributed by atoms with Crippen LogP contribution in [0, 0.1) is 17.8 Å². The molecule has 3 unspecified atom stereocenters. The molecule has 0 spiro atoms. The van der Waals surface area contributed by atoms with Crippen LogP contribution in [0.1, 0.15) is 57.7 Å². The lowest BCUT2D eigenvalue weighted by Crippen LogP contribution is -2.27. The molecule has 4 nitrogen and oxygen atoms in total.